The van der Waals surface area contributed by atoms with Gasteiger partial charge in [0, 0.05) is 18.8 Å². The Labute approximate surface area is 90.2 Å². The van der Waals surface area contributed by atoms with Crippen LogP contribution in [-0.2, 0) is 9.84 Å². The zero-order chi connectivity index (χ0) is 11.3. The predicted octanol–water partition coefficient (Wildman–Crippen LogP) is -1.01. The standard InChI is InChI=1S/C8H18N4O2S/c1-15(13,14)6-2-5-10-8(12-9)11-7-3-4-7/h7H,2-6,9H2,1H3,(H2,10,11,12). The van der Waals surface area contributed by atoms with Gasteiger partial charge in [0.1, 0.15) is 9.84 Å². The van der Waals surface area contributed by atoms with Crippen LogP contribution in [0.25, 0.3) is 0 Å². The first kappa shape index (κ1) is 12.3. The van der Waals surface area contributed by atoms with Crippen LogP contribution in [-0.4, -0.2) is 39.0 Å². The second-order valence-electron chi connectivity index (χ2n) is 3.78. The summed E-state index contributed by atoms with van der Waals surface area (Å²) in [5.74, 6) is 5.97. The quantitative estimate of drug-likeness (QED) is 0.186. The molecule has 0 radical (unpaired) electrons. The Morgan fingerprint density at radius 3 is 2.67 bits per heavy atom. The minimum atomic E-state index is -2.88. The van der Waals surface area contributed by atoms with Crippen molar-refractivity contribution in [3.05, 3.63) is 0 Å². The third-order valence-corrected chi connectivity index (χ3v) is 3.03. The molecule has 0 aliphatic heterocycles. The van der Waals surface area contributed by atoms with Crippen molar-refractivity contribution in [2.45, 2.75) is 25.3 Å². The minimum absolute atomic E-state index is 0.164. The van der Waals surface area contributed by atoms with E-state index in [2.05, 4.69) is 15.7 Å². The summed E-state index contributed by atoms with van der Waals surface area (Å²) in [7, 11) is -2.88. The van der Waals surface area contributed by atoms with E-state index in [9.17, 15) is 8.42 Å². The molecule has 0 atom stereocenters. The zero-order valence-corrected chi connectivity index (χ0v) is 9.68. The summed E-state index contributed by atoms with van der Waals surface area (Å²) in [6, 6.07) is 0.481. The third kappa shape index (κ3) is 6.29. The SMILES string of the molecule is CS(=O)(=O)CCCN=C(NN)NC1CC1. The maximum atomic E-state index is 10.8. The first-order valence-corrected chi connectivity index (χ1v) is 7.02. The van der Waals surface area contributed by atoms with Crippen LogP contribution in [0.15, 0.2) is 4.99 Å². The molecule has 1 aliphatic rings. The lowest BCUT2D eigenvalue weighted by Crippen LogP contribution is -2.42. The molecule has 88 valence electrons. The molecule has 15 heavy (non-hydrogen) atoms. The largest absolute Gasteiger partial charge is 0.353 e. The highest BCUT2D eigenvalue weighted by Gasteiger charge is 2.21. The van der Waals surface area contributed by atoms with Gasteiger partial charge >= 0.3 is 0 Å². The van der Waals surface area contributed by atoms with Gasteiger partial charge in [-0.25, -0.2) is 14.3 Å². The summed E-state index contributed by atoms with van der Waals surface area (Å²) in [5.41, 5.74) is 2.46. The lowest BCUT2D eigenvalue weighted by Gasteiger charge is -2.07. The second kappa shape index (κ2) is 5.32. The molecule has 1 rings (SSSR count). The molecule has 0 amide bonds. The van der Waals surface area contributed by atoms with Crippen LogP contribution in [0.2, 0.25) is 0 Å². The molecule has 1 aliphatic carbocycles. The van der Waals surface area contributed by atoms with E-state index in [0.29, 0.717) is 25.0 Å². The van der Waals surface area contributed by atoms with Gasteiger partial charge < -0.3 is 5.32 Å². The topological polar surface area (TPSA) is 96.6 Å². The first-order chi connectivity index (χ1) is 7.01. The number of sulfone groups is 1. The van der Waals surface area contributed by atoms with Crippen molar-refractivity contribution in [3.8, 4) is 0 Å². The van der Waals surface area contributed by atoms with Gasteiger partial charge in [0.05, 0.1) is 5.75 Å². The summed E-state index contributed by atoms with van der Waals surface area (Å²) >= 11 is 0. The van der Waals surface area contributed by atoms with E-state index in [4.69, 9.17) is 5.84 Å². The number of hydrazine groups is 1. The van der Waals surface area contributed by atoms with Crippen molar-refractivity contribution >= 4 is 15.8 Å². The average molecular weight is 234 g/mol. The second-order valence-corrected chi connectivity index (χ2v) is 6.04. The summed E-state index contributed by atoms with van der Waals surface area (Å²) in [5, 5.41) is 3.10. The monoisotopic (exact) mass is 234 g/mol. The van der Waals surface area contributed by atoms with Gasteiger partial charge in [-0.05, 0) is 19.3 Å². The van der Waals surface area contributed by atoms with Crippen LogP contribution in [0, 0.1) is 0 Å². The van der Waals surface area contributed by atoms with Crippen molar-refractivity contribution < 1.29 is 8.42 Å². The van der Waals surface area contributed by atoms with Gasteiger partial charge in [-0.2, -0.15) is 0 Å². The Balaban J connectivity index is 2.21. The number of rotatable bonds is 5. The van der Waals surface area contributed by atoms with E-state index >= 15 is 0 Å². The fourth-order valence-corrected chi connectivity index (χ4v) is 1.73. The first-order valence-electron chi connectivity index (χ1n) is 4.96. The van der Waals surface area contributed by atoms with Gasteiger partial charge in [0.2, 0.25) is 5.96 Å². The molecule has 6 nitrogen and oxygen atoms in total. The van der Waals surface area contributed by atoms with E-state index < -0.39 is 9.84 Å². The molecule has 0 bridgehead atoms. The third-order valence-electron chi connectivity index (χ3n) is 2.00. The van der Waals surface area contributed by atoms with E-state index in [-0.39, 0.29) is 5.75 Å². The Bertz CT molecular complexity index is 322. The molecule has 1 fully saturated rings. The minimum Gasteiger partial charge on any atom is -0.353 e. The number of guanidine groups is 1. The highest BCUT2D eigenvalue weighted by atomic mass is 32.2. The van der Waals surface area contributed by atoms with Crippen LogP contribution in [0.4, 0.5) is 0 Å². The number of hydrogen-bond acceptors (Lipinski definition) is 4. The van der Waals surface area contributed by atoms with E-state index in [1.165, 1.54) is 6.26 Å². The van der Waals surface area contributed by atoms with Gasteiger partial charge in [-0.15, -0.1) is 0 Å². The van der Waals surface area contributed by atoms with Crippen LogP contribution in [0.1, 0.15) is 19.3 Å². The van der Waals surface area contributed by atoms with Crippen LogP contribution >= 0.6 is 0 Å². The highest BCUT2D eigenvalue weighted by Crippen LogP contribution is 2.18. The number of hydrogen-bond donors (Lipinski definition) is 3. The Morgan fingerprint density at radius 2 is 2.20 bits per heavy atom. The predicted molar refractivity (Wildman–Crippen MR) is 60.1 cm³/mol. The van der Waals surface area contributed by atoms with Crippen molar-refractivity contribution in [1.82, 2.24) is 10.7 Å². The molecule has 0 aromatic heterocycles. The molecule has 0 heterocycles. The lowest BCUT2D eigenvalue weighted by atomic mass is 10.5. The van der Waals surface area contributed by atoms with Crippen LogP contribution < -0.4 is 16.6 Å². The highest BCUT2D eigenvalue weighted by molar-refractivity contribution is 7.90. The molecule has 0 spiro atoms. The molecule has 0 saturated heterocycles. The molecule has 0 aromatic rings. The van der Waals surface area contributed by atoms with Crippen molar-refractivity contribution in [2.24, 2.45) is 10.8 Å². The average Bonchev–Trinajstić information content (AvgIpc) is 2.92. The van der Waals surface area contributed by atoms with Crippen molar-refractivity contribution in [3.63, 3.8) is 0 Å². The summed E-state index contributed by atoms with van der Waals surface area (Å²) < 4.78 is 21.7. The van der Waals surface area contributed by atoms with Gasteiger partial charge in [-0.1, -0.05) is 0 Å². The molecule has 4 N–H and O–H groups in total. The maximum Gasteiger partial charge on any atom is 0.205 e. The van der Waals surface area contributed by atoms with Crippen molar-refractivity contribution in [2.75, 3.05) is 18.6 Å². The Morgan fingerprint density at radius 1 is 1.53 bits per heavy atom. The summed E-state index contributed by atoms with van der Waals surface area (Å²) in [6.45, 7) is 0.465. The van der Waals surface area contributed by atoms with E-state index in [1.54, 1.807) is 0 Å². The summed E-state index contributed by atoms with van der Waals surface area (Å²) in [6.07, 6.45) is 4.03. The van der Waals surface area contributed by atoms with E-state index in [0.717, 1.165) is 12.8 Å². The van der Waals surface area contributed by atoms with Gasteiger partial charge in [-0.3, -0.25) is 10.4 Å². The molecular formula is C8H18N4O2S. The molecule has 7 heteroatoms. The maximum absolute atomic E-state index is 10.8. The number of nitrogens with two attached hydrogens (primary N) is 1. The Kier molecular flexibility index (Phi) is 4.34. The zero-order valence-electron chi connectivity index (χ0n) is 8.86. The van der Waals surface area contributed by atoms with Crippen LogP contribution in [0.3, 0.4) is 0 Å². The van der Waals surface area contributed by atoms with Gasteiger partial charge in [0.15, 0.2) is 0 Å². The fraction of sp³-hybridized carbons (Fsp3) is 0.875. The Hall–Kier alpha value is -0.820. The van der Waals surface area contributed by atoms with Crippen LogP contribution in [0.5, 0.6) is 0 Å². The molecular weight excluding hydrogens is 216 g/mol. The normalized spacial score (nSPS) is 17.6. The molecule has 0 aromatic carbocycles. The number of nitrogens with zero attached hydrogens (tertiary/aromatic N) is 1. The molecule has 0 unspecified atom stereocenters. The summed E-state index contributed by atoms with van der Waals surface area (Å²) in [4.78, 5) is 4.13. The van der Waals surface area contributed by atoms with Crippen molar-refractivity contribution in [1.29, 1.82) is 0 Å². The number of nitrogens with one attached hydrogen (secondary N) is 2. The molecule has 1 saturated carbocycles. The van der Waals surface area contributed by atoms with E-state index in [1.807, 2.05) is 0 Å². The fourth-order valence-electron chi connectivity index (χ4n) is 1.07. The lowest BCUT2D eigenvalue weighted by molar-refractivity contribution is 0.599. The number of aliphatic imine (C=N–C) groups is 1. The van der Waals surface area contributed by atoms with Gasteiger partial charge in [0.25, 0.3) is 0 Å². The smallest absolute Gasteiger partial charge is 0.205 e.